The fraction of sp³-hybridized carbons (Fsp3) is 0.636. The molecular formula is C11H14N2O. The van der Waals surface area contributed by atoms with Crippen molar-refractivity contribution in [1.29, 1.82) is 0 Å². The minimum absolute atomic E-state index is 0.286. The van der Waals surface area contributed by atoms with E-state index in [0.717, 1.165) is 25.0 Å². The monoisotopic (exact) mass is 190 g/mol. The van der Waals surface area contributed by atoms with E-state index in [1.165, 1.54) is 18.5 Å². The number of carbonyl (C=O) groups excluding carboxylic acids is 1. The van der Waals surface area contributed by atoms with E-state index in [-0.39, 0.29) is 5.92 Å². The van der Waals surface area contributed by atoms with Gasteiger partial charge in [-0.25, -0.2) is 0 Å². The van der Waals surface area contributed by atoms with Crippen LogP contribution in [0, 0.1) is 5.92 Å². The predicted molar refractivity (Wildman–Crippen MR) is 52.0 cm³/mol. The molecule has 2 aliphatic rings. The molecule has 0 aromatic carbocycles. The first kappa shape index (κ1) is 8.21. The predicted octanol–water partition coefficient (Wildman–Crippen LogP) is 1.91. The maximum atomic E-state index is 10.5. The van der Waals surface area contributed by atoms with Gasteiger partial charge in [-0.3, -0.25) is 4.68 Å². The van der Waals surface area contributed by atoms with E-state index in [1.807, 2.05) is 4.68 Å². The summed E-state index contributed by atoms with van der Waals surface area (Å²) in [5, 5.41) is 4.56. The molecular weight excluding hydrogens is 176 g/mol. The van der Waals surface area contributed by atoms with Gasteiger partial charge in [0.15, 0.2) is 0 Å². The summed E-state index contributed by atoms with van der Waals surface area (Å²) in [4.78, 5) is 10.5. The Morgan fingerprint density at radius 3 is 2.86 bits per heavy atom. The fourth-order valence-corrected chi connectivity index (χ4v) is 2.11. The van der Waals surface area contributed by atoms with Crippen LogP contribution in [-0.2, 0) is 4.79 Å². The summed E-state index contributed by atoms with van der Waals surface area (Å²) >= 11 is 0. The molecule has 3 heteroatoms. The molecule has 3 nitrogen and oxygen atoms in total. The lowest BCUT2D eigenvalue weighted by molar-refractivity contribution is -0.114. The molecule has 3 rings (SSSR count). The Kier molecular flexibility index (Phi) is 1.72. The average molecular weight is 190 g/mol. The third kappa shape index (κ3) is 1.27. The van der Waals surface area contributed by atoms with E-state index in [9.17, 15) is 4.79 Å². The molecule has 1 aromatic rings. The smallest absolute Gasteiger partial charge is 0.123 e. The summed E-state index contributed by atoms with van der Waals surface area (Å²) in [5.74, 6) is 1.02. The van der Waals surface area contributed by atoms with Gasteiger partial charge in [0.25, 0.3) is 0 Å². The third-order valence-electron chi connectivity index (χ3n) is 3.34. The van der Waals surface area contributed by atoms with Gasteiger partial charge in [-0.1, -0.05) is 0 Å². The van der Waals surface area contributed by atoms with Crippen molar-refractivity contribution in [2.75, 3.05) is 0 Å². The molecule has 2 aliphatic carbocycles. The van der Waals surface area contributed by atoms with Gasteiger partial charge in [0.1, 0.15) is 6.29 Å². The van der Waals surface area contributed by atoms with Gasteiger partial charge in [-0.05, 0) is 31.7 Å². The van der Waals surface area contributed by atoms with Crippen LogP contribution in [0.5, 0.6) is 0 Å². The first-order chi connectivity index (χ1) is 6.86. The highest BCUT2D eigenvalue weighted by Gasteiger charge is 2.32. The van der Waals surface area contributed by atoms with Gasteiger partial charge in [0.05, 0.1) is 11.7 Å². The second kappa shape index (κ2) is 2.94. The number of nitrogens with zero attached hydrogens (tertiary/aromatic N) is 2. The van der Waals surface area contributed by atoms with Gasteiger partial charge in [0.2, 0.25) is 0 Å². The molecule has 0 radical (unpaired) electrons. The Morgan fingerprint density at radius 1 is 1.43 bits per heavy atom. The number of rotatable bonds is 3. The SMILES string of the molecule is O=C[C@H]1C[C@H](n2ccc(C3CC3)n2)C1. The molecule has 0 atom stereocenters. The Morgan fingerprint density at radius 2 is 2.21 bits per heavy atom. The minimum Gasteiger partial charge on any atom is -0.303 e. The molecule has 0 bridgehead atoms. The maximum Gasteiger partial charge on any atom is 0.123 e. The number of hydrogen-bond acceptors (Lipinski definition) is 2. The molecule has 0 unspecified atom stereocenters. The van der Waals surface area contributed by atoms with E-state index in [0.29, 0.717) is 6.04 Å². The van der Waals surface area contributed by atoms with E-state index in [1.54, 1.807) is 0 Å². The summed E-state index contributed by atoms with van der Waals surface area (Å²) in [6, 6.07) is 2.61. The van der Waals surface area contributed by atoms with E-state index < -0.39 is 0 Å². The van der Waals surface area contributed by atoms with Crippen molar-refractivity contribution in [3.63, 3.8) is 0 Å². The molecule has 74 valence electrons. The zero-order valence-electron chi connectivity index (χ0n) is 8.10. The highest BCUT2D eigenvalue weighted by molar-refractivity contribution is 5.55. The molecule has 1 heterocycles. The Hall–Kier alpha value is -1.12. The van der Waals surface area contributed by atoms with Crippen molar-refractivity contribution < 1.29 is 4.79 Å². The summed E-state index contributed by atoms with van der Waals surface area (Å²) in [6.45, 7) is 0. The molecule has 0 saturated heterocycles. The van der Waals surface area contributed by atoms with Crippen molar-refractivity contribution in [1.82, 2.24) is 9.78 Å². The normalized spacial score (nSPS) is 31.1. The molecule has 0 N–H and O–H groups in total. The fourth-order valence-electron chi connectivity index (χ4n) is 2.11. The topological polar surface area (TPSA) is 34.9 Å². The molecule has 0 spiro atoms. The average Bonchev–Trinajstić information content (AvgIpc) is 2.86. The number of hydrogen-bond donors (Lipinski definition) is 0. The molecule has 0 aliphatic heterocycles. The van der Waals surface area contributed by atoms with Gasteiger partial charge in [-0.2, -0.15) is 5.10 Å². The Labute approximate surface area is 83.1 Å². The number of aromatic nitrogens is 2. The lowest BCUT2D eigenvalue weighted by atomic mass is 9.81. The molecule has 0 amide bonds. The van der Waals surface area contributed by atoms with Crippen LogP contribution in [0.1, 0.15) is 43.3 Å². The van der Waals surface area contributed by atoms with Crippen molar-refractivity contribution in [3.05, 3.63) is 18.0 Å². The van der Waals surface area contributed by atoms with Gasteiger partial charge < -0.3 is 4.79 Å². The summed E-state index contributed by atoms with van der Waals surface area (Å²) < 4.78 is 2.05. The maximum absolute atomic E-state index is 10.5. The van der Waals surface area contributed by atoms with Crippen LogP contribution in [0.15, 0.2) is 12.3 Å². The van der Waals surface area contributed by atoms with Gasteiger partial charge >= 0.3 is 0 Å². The zero-order chi connectivity index (χ0) is 9.54. The third-order valence-corrected chi connectivity index (χ3v) is 3.34. The number of aldehydes is 1. The van der Waals surface area contributed by atoms with Crippen LogP contribution in [-0.4, -0.2) is 16.1 Å². The molecule has 14 heavy (non-hydrogen) atoms. The van der Waals surface area contributed by atoms with E-state index >= 15 is 0 Å². The zero-order valence-corrected chi connectivity index (χ0v) is 8.10. The quantitative estimate of drug-likeness (QED) is 0.682. The van der Waals surface area contributed by atoms with Crippen LogP contribution < -0.4 is 0 Å². The highest BCUT2D eigenvalue weighted by atomic mass is 16.1. The lowest BCUT2D eigenvalue weighted by Gasteiger charge is -2.31. The lowest BCUT2D eigenvalue weighted by Crippen LogP contribution is -2.28. The highest BCUT2D eigenvalue weighted by Crippen LogP contribution is 2.41. The van der Waals surface area contributed by atoms with Crippen LogP contribution >= 0.6 is 0 Å². The van der Waals surface area contributed by atoms with Crippen LogP contribution in [0.3, 0.4) is 0 Å². The molecule has 2 saturated carbocycles. The Bertz CT molecular complexity index is 348. The first-order valence-electron chi connectivity index (χ1n) is 5.37. The second-order valence-electron chi connectivity index (χ2n) is 4.52. The van der Waals surface area contributed by atoms with Crippen LogP contribution in [0.25, 0.3) is 0 Å². The Balaban J connectivity index is 1.68. The van der Waals surface area contributed by atoms with Crippen molar-refractivity contribution in [3.8, 4) is 0 Å². The number of carbonyl (C=O) groups is 1. The standard InChI is InChI=1S/C11H14N2O/c14-7-8-5-10(6-8)13-4-3-11(12-13)9-1-2-9/h3-4,7-10H,1-2,5-6H2/t8-,10-. The second-order valence-corrected chi connectivity index (χ2v) is 4.52. The summed E-state index contributed by atoms with van der Waals surface area (Å²) in [6.07, 6.45) is 7.71. The van der Waals surface area contributed by atoms with Gasteiger partial charge in [0, 0.05) is 18.0 Å². The largest absolute Gasteiger partial charge is 0.303 e. The first-order valence-corrected chi connectivity index (χ1v) is 5.37. The van der Waals surface area contributed by atoms with Crippen LogP contribution in [0.4, 0.5) is 0 Å². The summed E-state index contributed by atoms with van der Waals surface area (Å²) in [7, 11) is 0. The van der Waals surface area contributed by atoms with Crippen molar-refractivity contribution in [2.45, 2.75) is 37.6 Å². The minimum atomic E-state index is 0.286. The molecule has 2 fully saturated rings. The van der Waals surface area contributed by atoms with E-state index in [2.05, 4.69) is 17.4 Å². The summed E-state index contributed by atoms with van der Waals surface area (Å²) in [5.41, 5.74) is 1.25. The van der Waals surface area contributed by atoms with Crippen LogP contribution in [0.2, 0.25) is 0 Å². The van der Waals surface area contributed by atoms with Gasteiger partial charge in [-0.15, -0.1) is 0 Å². The van der Waals surface area contributed by atoms with Crippen molar-refractivity contribution >= 4 is 6.29 Å². The van der Waals surface area contributed by atoms with E-state index in [4.69, 9.17) is 0 Å². The van der Waals surface area contributed by atoms with Crippen molar-refractivity contribution in [2.24, 2.45) is 5.92 Å². The molecule has 1 aromatic heterocycles.